The van der Waals surface area contributed by atoms with Crippen molar-refractivity contribution >= 4 is 5.97 Å². The number of morpholine rings is 1. The molecule has 4 nitrogen and oxygen atoms in total. The van der Waals surface area contributed by atoms with Crippen molar-refractivity contribution in [3.8, 4) is 0 Å². The Kier molecular flexibility index (Phi) is 14.4. The van der Waals surface area contributed by atoms with Crippen LogP contribution >= 0.6 is 0 Å². The highest BCUT2D eigenvalue weighted by atomic mass is 16.5. The second-order valence-corrected chi connectivity index (χ2v) is 9.85. The molecule has 0 saturated carbocycles. The van der Waals surface area contributed by atoms with Crippen molar-refractivity contribution in [2.75, 3.05) is 46.5 Å². The summed E-state index contributed by atoms with van der Waals surface area (Å²) in [4.78, 5) is 11.9. The van der Waals surface area contributed by atoms with Gasteiger partial charge in [0.1, 0.15) is 26.2 Å². The zero-order valence-electron chi connectivity index (χ0n) is 20.7. The summed E-state index contributed by atoms with van der Waals surface area (Å²) in [6.45, 7) is 5.13. The number of benzene rings is 1. The molecule has 1 heterocycles. The minimum atomic E-state index is -0.0198. The van der Waals surface area contributed by atoms with Crippen molar-refractivity contribution in [1.82, 2.24) is 0 Å². The fourth-order valence-corrected chi connectivity index (χ4v) is 4.47. The van der Waals surface area contributed by atoms with Crippen LogP contribution in [0.2, 0.25) is 0 Å². The largest absolute Gasteiger partial charge is 0.460 e. The number of unbranched alkanes of at least 4 members (excludes halogenated alkanes) is 11. The number of likely N-dealkylation sites (N-methyl/N-ethyl adjacent to an activating group) is 1. The van der Waals surface area contributed by atoms with Crippen LogP contribution in [-0.4, -0.2) is 57.0 Å². The lowest BCUT2D eigenvalue weighted by Gasteiger charge is -2.37. The van der Waals surface area contributed by atoms with Crippen molar-refractivity contribution in [3.63, 3.8) is 0 Å². The van der Waals surface area contributed by atoms with Gasteiger partial charge in [0, 0.05) is 6.42 Å². The van der Waals surface area contributed by atoms with E-state index in [1.54, 1.807) is 0 Å². The number of hydrogen-bond donors (Lipinski definition) is 0. The highest BCUT2D eigenvalue weighted by Crippen LogP contribution is 2.14. The molecule has 182 valence electrons. The first-order valence-corrected chi connectivity index (χ1v) is 13.3. The Hall–Kier alpha value is -1.39. The molecule has 1 aliphatic heterocycles. The van der Waals surface area contributed by atoms with E-state index in [4.69, 9.17) is 9.47 Å². The van der Waals surface area contributed by atoms with Crippen LogP contribution < -0.4 is 0 Å². The predicted molar refractivity (Wildman–Crippen MR) is 133 cm³/mol. The molecule has 0 amide bonds. The van der Waals surface area contributed by atoms with E-state index in [9.17, 15) is 4.79 Å². The second kappa shape index (κ2) is 17.1. The van der Waals surface area contributed by atoms with E-state index in [1.807, 2.05) is 0 Å². The molecular formula is C28H48NO3+. The molecule has 0 atom stereocenters. The molecule has 0 spiro atoms. The van der Waals surface area contributed by atoms with E-state index in [0.717, 1.165) is 50.2 Å². The number of esters is 1. The number of ether oxygens (including phenoxy) is 2. The third-order valence-corrected chi connectivity index (χ3v) is 6.88. The minimum absolute atomic E-state index is 0.0198. The fraction of sp³-hybridized carbons (Fsp3) is 0.750. The van der Waals surface area contributed by atoms with Gasteiger partial charge in [-0.2, -0.15) is 0 Å². The SMILES string of the molecule is C[N+]1(CCOC(=O)CCCCCCCCCCCCCCc2ccccc2)CCOCC1. The highest BCUT2D eigenvalue weighted by molar-refractivity contribution is 5.69. The lowest BCUT2D eigenvalue weighted by molar-refractivity contribution is -0.917. The average Bonchev–Trinajstić information content (AvgIpc) is 2.80. The summed E-state index contributed by atoms with van der Waals surface area (Å²) in [6.07, 6.45) is 17.5. The smallest absolute Gasteiger partial charge is 0.305 e. The van der Waals surface area contributed by atoms with Gasteiger partial charge in [0.2, 0.25) is 0 Å². The van der Waals surface area contributed by atoms with Gasteiger partial charge in [-0.3, -0.25) is 4.79 Å². The summed E-state index contributed by atoms with van der Waals surface area (Å²) < 4.78 is 11.8. The average molecular weight is 447 g/mol. The molecule has 1 saturated heterocycles. The van der Waals surface area contributed by atoms with Gasteiger partial charge in [-0.1, -0.05) is 94.5 Å². The maximum Gasteiger partial charge on any atom is 0.305 e. The number of aryl methyl sites for hydroxylation is 1. The molecular weight excluding hydrogens is 398 g/mol. The molecule has 0 aliphatic carbocycles. The van der Waals surface area contributed by atoms with Gasteiger partial charge in [0.15, 0.2) is 0 Å². The Morgan fingerprint density at radius 3 is 1.94 bits per heavy atom. The van der Waals surface area contributed by atoms with Crippen molar-refractivity contribution < 1.29 is 18.8 Å². The predicted octanol–water partition coefficient (Wildman–Crippen LogP) is 6.32. The monoisotopic (exact) mass is 446 g/mol. The van der Waals surface area contributed by atoms with Crippen LogP contribution in [0.3, 0.4) is 0 Å². The lowest BCUT2D eigenvalue weighted by Crippen LogP contribution is -2.53. The molecule has 1 aromatic carbocycles. The second-order valence-electron chi connectivity index (χ2n) is 9.85. The molecule has 0 radical (unpaired) electrons. The van der Waals surface area contributed by atoms with Gasteiger partial charge in [-0.25, -0.2) is 0 Å². The Labute approximate surface area is 197 Å². The van der Waals surface area contributed by atoms with Gasteiger partial charge in [-0.15, -0.1) is 0 Å². The molecule has 0 bridgehead atoms. The third-order valence-electron chi connectivity index (χ3n) is 6.88. The standard InChI is InChI=1S/C28H48NO3/c1-29(21-24-31-25-22-29)23-26-32-28(30)20-16-11-9-7-5-3-2-4-6-8-10-13-17-27-18-14-12-15-19-27/h12,14-15,18-19H,2-11,13,16-17,20-26H2,1H3/q+1. The quantitative estimate of drug-likeness (QED) is 0.150. The molecule has 2 rings (SSSR count). The Bertz CT molecular complexity index is 584. The third kappa shape index (κ3) is 13.2. The number of carbonyl (C=O) groups excluding carboxylic acids is 1. The normalized spacial score (nSPS) is 15.5. The van der Waals surface area contributed by atoms with Gasteiger partial charge < -0.3 is 14.0 Å². The highest BCUT2D eigenvalue weighted by Gasteiger charge is 2.25. The summed E-state index contributed by atoms with van der Waals surface area (Å²) in [6, 6.07) is 10.8. The zero-order valence-corrected chi connectivity index (χ0v) is 20.7. The van der Waals surface area contributed by atoms with Crippen LogP contribution in [0, 0.1) is 0 Å². The molecule has 4 heteroatoms. The maximum atomic E-state index is 11.9. The van der Waals surface area contributed by atoms with E-state index < -0.39 is 0 Å². The number of rotatable bonds is 18. The molecule has 1 fully saturated rings. The molecule has 0 N–H and O–H groups in total. The Balaban J connectivity index is 1.28. The molecule has 1 aliphatic rings. The number of quaternary nitrogens is 1. The number of carbonyl (C=O) groups is 1. The van der Waals surface area contributed by atoms with Gasteiger partial charge in [0.25, 0.3) is 0 Å². The van der Waals surface area contributed by atoms with Crippen LogP contribution in [0.25, 0.3) is 0 Å². The van der Waals surface area contributed by atoms with E-state index in [1.165, 1.54) is 76.2 Å². The molecule has 0 unspecified atom stereocenters. The minimum Gasteiger partial charge on any atom is -0.460 e. The van der Waals surface area contributed by atoms with Crippen molar-refractivity contribution in [3.05, 3.63) is 35.9 Å². The van der Waals surface area contributed by atoms with Crippen LogP contribution in [-0.2, 0) is 20.7 Å². The first kappa shape index (κ1) is 26.9. The van der Waals surface area contributed by atoms with E-state index in [2.05, 4.69) is 37.4 Å². The number of nitrogens with zero attached hydrogens (tertiary/aromatic N) is 1. The van der Waals surface area contributed by atoms with Crippen molar-refractivity contribution in [2.24, 2.45) is 0 Å². The van der Waals surface area contributed by atoms with Gasteiger partial charge >= 0.3 is 5.97 Å². The van der Waals surface area contributed by atoms with E-state index >= 15 is 0 Å². The molecule has 1 aromatic rings. The zero-order chi connectivity index (χ0) is 22.7. The first-order valence-electron chi connectivity index (χ1n) is 13.3. The van der Waals surface area contributed by atoms with Crippen LogP contribution in [0.4, 0.5) is 0 Å². The summed E-state index contributed by atoms with van der Waals surface area (Å²) in [5.74, 6) is -0.0198. The maximum absolute atomic E-state index is 11.9. The lowest BCUT2D eigenvalue weighted by atomic mass is 10.0. The molecule has 0 aromatic heterocycles. The van der Waals surface area contributed by atoms with Gasteiger partial charge in [0.05, 0.1) is 20.3 Å². The topological polar surface area (TPSA) is 35.5 Å². The molecule has 32 heavy (non-hydrogen) atoms. The van der Waals surface area contributed by atoms with Crippen molar-refractivity contribution in [2.45, 2.75) is 89.9 Å². The van der Waals surface area contributed by atoms with Crippen LogP contribution in [0.1, 0.15) is 89.0 Å². The number of hydrogen-bond acceptors (Lipinski definition) is 3. The van der Waals surface area contributed by atoms with E-state index in [-0.39, 0.29) is 5.97 Å². The van der Waals surface area contributed by atoms with Crippen LogP contribution in [0.5, 0.6) is 0 Å². The Morgan fingerprint density at radius 2 is 1.34 bits per heavy atom. The first-order chi connectivity index (χ1) is 15.7. The summed E-state index contributed by atoms with van der Waals surface area (Å²) >= 11 is 0. The van der Waals surface area contributed by atoms with E-state index in [0.29, 0.717) is 13.0 Å². The Morgan fingerprint density at radius 1 is 0.812 bits per heavy atom. The summed E-state index contributed by atoms with van der Waals surface area (Å²) in [5.41, 5.74) is 1.48. The fourth-order valence-electron chi connectivity index (χ4n) is 4.47. The van der Waals surface area contributed by atoms with Crippen molar-refractivity contribution in [1.29, 1.82) is 0 Å². The summed E-state index contributed by atoms with van der Waals surface area (Å²) in [7, 11) is 2.23. The van der Waals surface area contributed by atoms with Gasteiger partial charge in [-0.05, 0) is 24.8 Å². The van der Waals surface area contributed by atoms with Crippen LogP contribution in [0.15, 0.2) is 30.3 Å². The summed E-state index contributed by atoms with van der Waals surface area (Å²) in [5, 5.41) is 0.